The van der Waals surface area contributed by atoms with Crippen molar-refractivity contribution >= 4 is 5.97 Å². The second-order valence-corrected chi connectivity index (χ2v) is 3.04. The quantitative estimate of drug-likeness (QED) is 0.475. The molecular weight excluding hydrogens is 253 g/mol. The van der Waals surface area contributed by atoms with E-state index in [2.05, 4.69) is 16.1 Å². The molecule has 0 atom stereocenters. The molecular formula is C11H9F3O4. The van der Waals surface area contributed by atoms with Gasteiger partial charge in [-0.15, -0.1) is 13.2 Å². The zero-order valence-electron chi connectivity index (χ0n) is 9.28. The molecule has 0 radical (unpaired) electrons. The minimum Gasteiger partial charge on any atom is -0.463 e. The first-order chi connectivity index (χ1) is 8.31. The lowest BCUT2D eigenvalue weighted by atomic mass is 10.3. The first-order valence-electron chi connectivity index (χ1n) is 4.62. The summed E-state index contributed by atoms with van der Waals surface area (Å²) in [6.45, 7) is 3.29. The molecule has 0 aliphatic rings. The van der Waals surface area contributed by atoms with Crippen LogP contribution in [0, 0.1) is 0 Å². The first kappa shape index (κ1) is 13.9. The number of carbonyl (C=O) groups excluding carboxylic acids is 1. The Morgan fingerprint density at radius 1 is 1.17 bits per heavy atom. The Balaban J connectivity index is 2.66. The standard InChI is InChI=1S/C11H9F3O4/c1-7(10(15)16-2)17-8-3-5-9(6-4-8)18-11(12,13)14/h3-6H,1H2,2H3. The third-order valence-electron chi connectivity index (χ3n) is 1.71. The van der Waals surface area contributed by atoms with Crippen LogP contribution in [0.3, 0.4) is 0 Å². The molecule has 1 aromatic rings. The monoisotopic (exact) mass is 262 g/mol. The van der Waals surface area contributed by atoms with Crippen LogP contribution >= 0.6 is 0 Å². The summed E-state index contributed by atoms with van der Waals surface area (Å²) in [6, 6.07) is 4.51. The normalized spacial score (nSPS) is 10.7. The van der Waals surface area contributed by atoms with Crippen molar-refractivity contribution in [1.29, 1.82) is 0 Å². The molecule has 98 valence electrons. The predicted molar refractivity (Wildman–Crippen MR) is 54.9 cm³/mol. The Bertz CT molecular complexity index is 437. The van der Waals surface area contributed by atoms with Gasteiger partial charge in [-0.3, -0.25) is 0 Å². The predicted octanol–water partition coefficient (Wildman–Crippen LogP) is 2.65. The number of hydrogen-bond acceptors (Lipinski definition) is 4. The van der Waals surface area contributed by atoms with Crippen LogP contribution in [-0.2, 0) is 9.53 Å². The van der Waals surface area contributed by atoms with Crippen LogP contribution in [0.25, 0.3) is 0 Å². The second kappa shape index (κ2) is 5.44. The highest BCUT2D eigenvalue weighted by molar-refractivity contribution is 5.85. The van der Waals surface area contributed by atoms with Gasteiger partial charge in [-0.25, -0.2) is 4.79 Å². The molecule has 4 nitrogen and oxygen atoms in total. The van der Waals surface area contributed by atoms with Gasteiger partial charge >= 0.3 is 12.3 Å². The Hall–Kier alpha value is -2.18. The molecule has 0 fully saturated rings. The molecule has 0 unspecified atom stereocenters. The Labute approximate surface area is 101 Å². The molecule has 0 saturated heterocycles. The summed E-state index contributed by atoms with van der Waals surface area (Å²) in [4.78, 5) is 11.0. The molecule has 0 bridgehead atoms. The van der Waals surface area contributed by atoms with E-state index in [1.54, 1.807) is 0 Å². The summed E-state index contributed by atoms with van der Waals surface area (Å²) in [5.74, 6) is -1.30. The smallest absolute Gasteiger partial charge is 0.463 e. The molecule has 0 aromatic heterocycles. The van der Waals surface area contributed by atoms with Crippen molar-refractivity contribution in [3.63, 3.8) is 0 Å². The van der Waals surface area contributed by atoms with E-state index in [1.807, 2.05) is 0 Å². The topological polar surface area (TPSA) is 44.8 Å². The highest BCUT2D eigenvalue weighted by Gasteiger charge is 2.30. The average Bonchev–Trinajstić information content (AvgIpc) is 2.28. The van der Waals surface area contributed by atoms with Gasteiger partial charge in [0.1, 0.15) is 11.5 Å². The minimum absolute atomic E-state index is 0.139. The van der Waals surface area contributed by atoms with Gasteiger partial charge in [-0.2, -0.15) is 0 Å². The molecule has 1 aromatic carbocycles. The van der Waals surface area contributed by atoms with Crippen LogP contribution in [0.1, 0.15) is 0 Å². The number of methoxy groups -OCH3 is 1. The lowest BCUT2D eigenvalue weighted by Crippen LogP contribution is -2.17. The third kappa shape index (κ3) is 4.36. The summed E-state index contributed by atoms with van der Waals surface area (Å²) in [7, 11) is 1.15. The van der Waals surface area contributed by atoms with Crippen molar-refractivity contribution in [3.8, 4) is 11.5 Å². The van der Waals surface area contributed by atoms with Gasteiger partial charge in [0.15, 0.2) is 0 Å². The average molecular weight is 262 g/mol. The molecule has 0 heterocycles. The lowest BCUT2D eigenvalue weighted by molar-refractivity contribution is -0.274. The van der Waals surface area contributed by atoms with Crippen molar-refractivity contribution in [2.24, 2.45) is 0 Å². The van der Waals surface area contributed by atoms with Crippen LogP contribution in [0.4, 0.5) is 13.2 Å². The van der Waals surface area contributed by atoms with Crippen molar-refractivity contribution in [3.05, 3.63) is 36.6 Å². The molecule has 0 aliphatic carbocycles. The molecule has 18 heavy (non-hydrogen) atoms. The van der Waals surface area contributed by atoms with Gasteiger partial charge in [0.25, 0.3) is 0 Å². The zero-order chi connectivity index (χ0) is 13.8. The molecule has 0 aliphatic heterocycles. The van der Waals surface area contributed by atoms with Gasteiger partial charge < -0.3 is 14.2 Å². The maximum absolute atomic E-state index is 11.9. The van der Waals surface area contributed by atoms with Crippen LogP contribution < -0.4 is 9.47 Å². The number of alkyl halides is 3. The number of ether oxygens (including phenoxy) is 3. The van der Waals surface area contributed by atoms with Gasteiger partial charge in [-0.1, -0.05) is 0 Å². The van der Waals surface area contributed by atoms with Crippen molar-refractivity contribution in [1.82, 2.24) is 0 Å². The van der Waals surface area contributed by atoms with Crippen LogP contribution in [0.15, 0.2) is 36.6 Å². The zero-order valence-corrected chi connectivity index (χ0v) is 9.28. The van der Waals surface area contributed by atoms with Crippen molar-refractivity contribution < 1.29 is 32.2 Å². The summed E-state index contributed by atoms with van der Waals surface area (Å²) < 4.78 is 48.6. The van der Waals surface area contributed by atoms with Crippen LogP contribution in [0.2, 0.25) is 0 Å². The van der Waals surface area contributed by atoms with Gasteiger partial charge in [-0.05, 0) is 30.8 Å². The maximum Gasteiger partial charge on any atom is 0.573 e. The molecule has 7 heteroatoms. The number of halogens is 3. The number of benzene rings is 1. The van der Waals surface area contributed by atoms with Crippen LogP contribution in [0.5, 0.6) is 11.5 Å². The van der Waals surface area contributed by atoms with E-state index in [1.165, 1.54) is 12.1 Å². The highest BCUT2D eigenvalue weighted by Crippen LogP contribution is 2.25. The fourth-order valence-corrected chi connectivity index (χ4v) is 1.01. The van der Waals surface area contributed by atoms with E-state index in [4.69, 9.17) is 4.74 Å². The van der Waals surface area contributed by atoms with E-state index in [0.29, 0.717) is 0 Å². The molecule has 1 rings (SSSR count). The number of hydrogen-bond donors (Lipinski definition) is 0. The van der Waals surface area contributed by atoms with Gasteiger partial charge in [0.2, 0.25) is 5.76 Å². The van der Waals surface area contributed by atoms with E-state index < -0.39 is 18.1 Å². The summed E-state index contributed by atoms with van der Waals surface area (Å²) in [6.07, 6.45) is -4.75. The Morgan fingerprint density at radius 2 is 1.67 bits per heavy atom. The molecule has 0 amide bonds. The Morgan fingerprint density at radius 3 is 2.11 bits per heavy atom. The van der Waals surface area contributed by atoms with Crippen molar-refractivity contribution in [2.75, 3.05) is 7.11 Å². The van der Waals surface area contributed by atoms with Crippen LogP contribution in [-0.4, -0.2) is 19.4 Å². The summed E-state index contributed by atoms with van der Waals surface area (Å²) >= 11 is 0. The number of carbonyl (C=O) groups is 1. The maximum atomic E-state index is 11.9. The molecule has 0 N–H and O–H groups in total. The highest BCUT2D eigenvalue weighted by atomic mass is 19.4. The second-order valence-electron chi connectivity index (χ2n) is 3.04. The van der Waals surface area contributed by atoms with E-state index in [0.717, 1.165) is 19.2 Å². The van der Waals surface area contributed by atoms with Crippen molar-refractivity contribution in [2.45, 2.75) is 6.36 Å². The Kier molecular flexibility index (Phi) is 4.19. The molecule has 0 spiro atoms. The minimum atomic E-state index is -4.75. The fourth-order valence-electron chi connectivity index (χ4n) is 1.01. The molecule has 0 saturated carbocycles. The fraction of sp³-hybridized carbons (Fsp3) is 0.182. The summed E-state index contributed by atoms with van der Waals surface area (Å²) in [5, 5.41) is 0. The van der Waals surface area contributed by atoms with Gasteiger partial charge in [0.05, 0.1) is 7.11 Å². The third-order valence-corrected chi connectivity index (χ3v) is 1.71. The largest absolute Gasteiger partial charge is 0.573 e. The van der Waals surface area contributed by atoms with Gasteiger partial charge in [0, 0.05) is 0 Å². The van der Waals surface area contributed by atoms with E-state index >= 15 is 0 Å². The van der Waals surface area contributed by atoms with E-state index in [9.17, 15) is 18.0 Å². The van der Waals surface area contributed by atoms with E-state index in [-0.39, 0.29) is 11.5 Å². The summed E-state index contributed by atoms with van der Waals surface area (Å²) in [5.41, 5.74) is 0. The SMILES string of the molecule is C=C(Oc1ccc(OC(F)(F)F)cc1)C(=O)OC. The number of rotatable bonds is 4. The number of esters is 1. The first-order valence-corrected chi connectivity index (χ1v) is 4.62. The lowest BCUT2D eigenvalue weighted by Gasteiger charge is -2.10.